The third-order valence-corrected chi connectivity index (χ3v) is 5.64. The Hall–Kier alpha value is -2.44. The molecule has 4 nitrogen and oxygen atoms in total. The molecule has 0 saturated heterocycles. The second-order valence-corrected chi connectivity index (χ2v) is 7.40. The summed E-state index contributed by atoms with van der Waals surface area (Å²) in [6, 6.07) is 18.6. The lowest BCUT2D eigenvalue weighted by Crippen LogP contribution is -2.03. The molecule has 0 bridgehead atoms. The molecule has 0 amide bonds. The standard InChI is InChI=1S/C19H16N4S2/c1-2-6-15(7-3-1)13-23-18(17-9-5-11-24-17)21-22-19(23)25-14-16-8-4-10-20-12-16/h1-12H,13-14H2. The van der Waals surface area contributed by atoms with Crippen molar-refractivity contribution in [3.8, 4) is 10.7 Å². The van der Waals surface area contributed by atoms with Gasteiger partial charge >= 0.3 is 0 Å². The summed E-state index contributed by atoms with van der Waals surface area (Å²) < 4.78 is 2.20. The first-order valence-corrected chi connectivity index (χ1v) is 9.79. The van der Waals surface area contributed by atoms with E-state index in [4.69, 9.17) is 0 Å². The molecule has 3 heterocycles. The van der Waals surface area contributed by atoms with Crippen molar-refractivity contribution < 1.29 is 0 Å². The van der Waals surface area contributed by atoms with Crippen LogP contribution < -0.4 is 0 Å². The van der Waals surface area contributed by atoms with Crippen LogP contribution in [0.15, 0.2) is 77.5 Å². The van der Waals surface area contributed by atoms with E-state index < -0.39 is 0 Å². The lowest BCUT2D eigenvalue weighted by molar-refractivity contribution is 0.715. The fourth-order valence-electron chi connectivity index (χ4n) is 2.52. The topological polar surface area (TPSA) is 43.6 Å². The third-order valence-electron chi connectivity index (χ3n) is 3.73. The van der Waals surface area contributed by atoms with Gasteiger partial charge in [0.1, 0.15) is 0 Å². The van der Waals surface area contributed by atoms with Gasteiger partial charge in [-0.05, 0) is 28.6 Å². The number of thioether (sulfide) groups is 1. The van der Waals surface area contributed by atoms with Crippen LogP contribution in [0.5, 0.6) is 0 Å². The maximum absolute atomic E-state index is 4.45. The van der Waals surface area contributed by atoms with Gasteiger partial charge in [0.15, 0.2) is 11.0 Å². The van der Waals surface area contributed by atoms with Gasteiger partial charge in [0.05, 0.1) is 11.4 Å². The molecule has 1 aromatic carbocycles. The average Bonchev–Trinajstić information content (AvgIpc) is 3.32. The van der Waals surface area contributed by atoms with Crippen LogP contribution in [0.3, 0.4) is 0 Å². The molecule has 0 fully saturated rings. The minimum Gasteiger partial charge on any atom is -0.297 e. The van der Waals surface area contributed by atoms with Gasteiger partial charge in [-0.3, -0.25) is 9.55 Å². The molecule has 0 saturated carbocycles. The van der Waals surface area contributed by atoms with Gasteiger partial charge in [-0.15, -0.1) is 21.5 Å². The van der Waals surface area contributed by atoms with E-state index in [1.54, 1.807) is 29.3 Å². The Morgan fingerprint density at radius 2 is 1.80 bits per heavy atom. The van der Waals surface area contributed by atoms with E-state index in [0.717, 1.165) is 28.2 Å². The smallest absolute Gasteiger partial charge is 0.192 e. The highest BCUT2D eigenvalue weighted by atomic mass is 32.2. The monoisotopic (exact) mass is 364 g/mol. The maximum atomic E-state index is 4.45. The van der Waals surface area contributed by atoms with E-state index in [-0.39, 0.29) is 0 Å². The quantitative estimate of drug-likeness (QED) is 0.463. The zero-order valence-corrected chi connectivity index (χ0v) is 15.1. The van der Waals surface area contributed by atoms with Crippen molar-refractivity contribution in [2.45, 2.75) is 17.5 Å². The predicted octanol–water partition coefficient (Wildman–Crippen LogP) is 4.74. The van der Waals surface area contributed by atoms with E-state index in [0.29, 0.717) is 0 Å². The summed E-state index contributed by atoms with van der Waals surface area (Å²) in [5.74, 6) is 1.75. The number of hydrogen-bond donors (Lipinski definition) is 0. The molecule has 0 atom stereocenters. The summed E-state index contributed by atoms with van der Waals surface area (Å²) in [7, 11) is 0. The average molecular weight is 364 g/mol. The van der Waals surface area contributed by atoms with Crippen molar-refractivity contribution in [2.75, 3.05) is 0 Å². The number of benzene rings is 1. The molecule has 0 radical (unpaired) electrons. The van der Waals surface area contributed by atoms with Gasteiger partial charge in [0.25, 0.3) is 0 Å². The van der Waals surface area contributed by atoms with Gasteiger partial charge < -0.3 is 0 Å². The van der Waals surface area contributed by atoms with Crippen LogP contribution in [0, 0.1) is 0 Å². The number of nitrogens with zero attached hydrogens (tertiary/aromatic N) is 4. The Morgan fingerprint density at radius 3 is 2.56 bits per heavy atom. The number of hydrogen-bond acceptors (Lipinski definition) is 5. The van der Waals surface area contributed by atoms with Crippen LogP contribution in [0.25, 0.3) is 10.7 Å². The van der Waals surface area contributed by atoms with E-state index in [9.17, 15) is 0 Å². The van der Waals surface area contributed by atoms with Gasteiger partial charge in [-0.2, -0.15) is 0 Å². The number of thiophene rings is 1. The highest BCUT2D eigenvalue weighted by Gasteiger charge is 2.15. The largest absolute Gasteiger partial charge is 0.297 e. The third kappa shape index (κ3) is 3.81. The number of pyridine rings is 1. The van der Waals surface area contributed by atoms with Crippen LogP contribution in [0.4, 0.5) is 0 Å². The molecule has 124 valence electrons. The SMILES string of the molecule is c1ccc(Cn2c(SCc3cccnc3)nnc2-c2cccs2)cc1. The molecule has 0 aliphatic carbocycles. The fraction of sp³-hybridized carbons (Fsp3) is 0.105. The minimum absolute atomic E-state index is 0.760. The highest BCUT2D eigenvalue weighted by Crippen LogP contribution is 2.29. The molecule has 0 aliphatic heterocycles. The Kier molecular flexibility index (Phi) is 4.90. The molecular formula is C19H16N4S2. The summed E-state index contributed by atoms with van der Waals surface area (Å²) in [6.45, 7) is 0.760. The second-order valence-electron chi connectivity index (χ2n) is 5.51. The normalized spacial score (nSPS) is 10.9. The molecule has 6 heteroatoms. The first-order valence-electron chi connectivity index (χ1n) is 7.93. The molecule has 25 heavy (non-hydrogen) atoms. The van der Waals surface area contributed by atoms with Crippen molar-refractivity contribution >= 4 is 23.1 Å². The van der Waals surface area contributed by atoms with Crippen molar-refractivity contribution in [3.05, 3.63) is 83.5 Å². The number of rotatable bonds is 6. The van der Waals surface area contributed by atoms with Gasteiger partial charge in [-0.25, -0.2) is 0 Å². The summed E-state index contributed by atoms with van der Waals surface area (Å²) >= 11 is 3.38. The Balaban J connectivity index is 1.64. The molecule has 0 spiro atoms. The van der Waals surface area contributed by atoms with Crippen molar-refractivity contribution in [3.63, 3.8) is 0 Å². The Labute approximate surface area is 154 Å². The number of aromatic nitrogens is 4. The van der Waals surface area contributed by atoms with Crippen LogP contribution in [0.1, 0.15) is 11.1 Å². The summed E-state index contributed by atoms with van der Waals surface area (Å²) in [5.41, 5.74) is 2.42. The van der Waals surface area contributed by atoms with Crippen molar-refractivity contribution in [1.29, 1.82) is 0 Å². The highest BCUT2D eigenvalue weighted by molar-refractivity contribution is 7.98. The summed E-state index contributed by atoms with van der Waals surface area (Å²) in [6.07, 6.45) is 3.69. The molecule has 4 aromatic rings. The summed E-state index contributed by atoms with van der Waals surface area (Å²) in [4.78, 5) is 5.31. The maximum Gasteiger partial charge on any atom is 0.192 e. The van der Waals surface area contributed by atoms with Gasteiger partial charge in [0.2, 0.25) is 0 Å². The summed E-state index contributed by atoms with van der Waals surface area (Å²) in [5, 5.41) is 11.9. The van der Waals surface area contributed by atoms with E-state index in [1.165, 1.54) is 11.1 Å². The molecule has 3 aromatic heterocycles. The van der Waals surface area contributed by atoms with Crippen molar-refractivity contribution in [1.82, 2.24) is 19.7 Å². The molecule has 0 N–H and O–H groups in total. The lowest BCUT2D eigenvalue weighted by atomic mass is 10.2. The van der Waals surface area contributed by atoms with Gasteiger partial charge in [-0.1, -0.05) is 54.2 Å². The molecule has 0 aliphatic rings. The van der Waals surface area contributed by atoms with E-state index in [1.807, 2.05) is 24.4 Å². The van der Waals surface area contributed by atoms with Crippen LogP contribution in [-0.2, 0) is 12.3 Å². The lowest BCUT2D eigenvalue weighted by Gasteiger charge is -2.09. The first kappa shape index (κ1) is 16.1. The molecule has 4 rings (SSSR count). The Morgan fingerprint density at radius 1 is 0.920 bits per heavy atom. The zero-order valence-electron chi connectivity index (χ0n) is 13.4. The fourth-order valence-corrected chi connectivity index (χ4v) is 4.11. The van der Waals surface area contributed by atoms with Crippen LogP contribution >= 0.6 is 23.1 Å². The minimum atomic E-state index is 0.760. The first-order chi connectivity index (χ1) is 12.4. The molecule has 0 unspecified atom stereocenters. The van der Waals surface area contributed by atoms with Crippen LogP contribution in [0.2, 0.25) is 0 Å². The second kappa shape index (κ2) is 7.63. The van der Waals surface area contributed by atoms with Crippen molar-refractivity contribution in [2.24, 2.45) is 0 Å². The predicted molar refractivity (Wildman–Crippen MR) is 103 cm³/mol. The molecular weight excluding hydrogens is 348 g/mol. The zero-order chi connectivity index (χ0) is 16.9. The Bertz CT molecular complexity index is 919. The van der Waals surface area contributed by atoms with E-state index in [2.05, 4.69) is 61.5 Å². The van der Waals surface area contributed by atoms with Crippen LogP contribution in [-0.4, -0.2) is 19.7 Å². The van der Waals surface area contributed by atoms with E-state index >= 15 is 0 Å². The van der Waals surface area contributed by atoms with Gasteiger partial charge in [0, 0.05) is 18.1 Å².